The Bertz CT molecular complexity index is 171. The van der Waals surface area contributed by atoms with Crippen LogP contribution in [0.1, 0.15) is 0 Å². The van der Waals surface area contributed by atoms with Crippen molar-refractivity contribution in [2.75, 3.05) is 20.8 Å². The molecular weight excluding hydrogens is 192 g/mol. The zero-order valence-electron chi connectivity index (χ0n) is 8.16. The number of aliphatic hydroxyl groups is 3. The van der Waals surface area contributed by atoms with E-state index in [9.17, 15) is 10.2 Å². The van der Waals surface area contributed by atoms with Gasteiger partial charge in [0.05, 0.1) is 6.61 Å². The van der Waals surface area contributed by atoms with E-state index in [1.54, 1.807) is 0 Å². The largest absolute Gasteiger partial charge is 0.394 e. The zero-order chi connectivity index (χ0) is 10.7. The summed E-state index contributed by atoms with van der Waals surface area (Å²) in [4.78, 5) is 0. The van der Waals surface area contributed by atoms with Crippen molar-refractivity contribution in [2.24, 2.45) is 0 Å². The first-order valence-electron chi connectivity index (χ1n) is 4.33. The predicted octanol–water partition coefficient (Wildman–Crippen LogP) is -1.91. The maximum Gasteiger partial charge on any atom is 0.184 e. The van der Waals surface area contributed by atoms with E-state index in [0.29, 0.717) is 0 Å². The van der Waals surface area contributed by atoms with E-state index >= 15 is 0 Å². The number of hydrogen-bond donors (Lipinski definition) is 3. The quantitative estimate of drug-likeness (QED) is 0.499. The number of methoxy groups -OCH3 is 2. The van der Waals surface area contributed by atoms with Gasteiger partial charge in [0.1, 0.15) is 24.4 Å². The maximum absolute atomic E-state index is 9.43. The third-order valence-electron chi connectivity index (χ3n) is 2.37. The average molecular weight is 208 g/mol. The van der Waals surface area contributed by atoms with Crippen molar-refractivity contribution in [1.29, 1.82) is 0 Å². The molecule has 0 amide bonds. The molecule has 0 spiro atoms. The van der Waals surface area contributed by atoms with Gasteiger partial charge in [0.25, 0.3) is 0 Å². The number of hydrogen-bond acceptors (Lipinski definition) is 6. The summed E-state index contributed by atoms with van der Waals surface area (Å²) < 4.78 is 14.9. The maximum atomic E-state index is 9.43. The smallest absolute Gasteiger partial charge is 0.184 e. The van der Waals surface area contributed by atoms with Crippen LogP contribution in [-0.4, -0.2) is 66.9 Å². The summed E-state index contributed by atoms with van der Waals surface area (Å²) >= 11 is 0. The molecule has 1 saturated heterocycles. The Labute approximate surface area is 82.0 Å². The molecule has 84 valence electrons. The number of rotatable bonds is 4. The van der Waals surface area contributed by atoms with Gasteiger partial charge in [-0.3, -0.25) is 0 Å². The molecule has 0 aliphatic carbocycles. The Hall–Kier alpha value is -0.240. The van der Waals surface area contributed by atoms with E-state index in [1.807, 2.05) is 0 Å². The Balaban J connectivity index is 2.68. The fourth-order valence-electron chi connectivity index (χ4n) is 1.56. The first kappa shape index (κ1) is 11.8. The molecule has 5 atom stereocenters. The van der Waals surface area contributed by atoms with Crippen LogP contribution in [0.15, 0.2) is 0 Å². The lowest BCUT2D eigenvalue weighted by atomic mass is 10.1. The molecule has 6 nitrogen and oxygen atoms in total. The highest BCUT2D eigenvalue weighted by molar-refractivity contribution is 4.91. The molecule has 1 rings (SSSR count). The Morgan fingerprint density at radius 3 is 2.43 bits per heavy atom. The van der Waals surface area contributed by atoms with E-state index in [-0.39, 0.29) is 6.61 Å². The van der Waals surface area contributed by atoms with Crippen LogP contribution < -0.4 is 0 Å². The minimum absolute atomic E-state index is 0.263. The molecular formula is C8H16O6. The first-order valence-corrected chi connectivity index (χ1v) is 4.33. The molecule has 0 aromatic rings. The third kappa shape index (κ3) is 2.05. The lowest BCUT2D eigenvalue weighted by Crippen LogP contribution is -2.42. The van der Waals surface area contributed by atoms with Crippen molar-refractivity contribution in [3.05, 3.63) is 0 Å². The minimum Gasteiger partial charge on any atom is -0.394 e. The normalized spacial score (nSPS) is 40.1. The van der Waals surface area contributed by atoms with Crippen LogP contribution >= 0.6 is 0 Å². The molecule has 0 radical (unpaired) electrons. The summed E-state index contributed by atoms with van der Waals surface area (Å²) in [7, 11) is 2.81. The van der Waals surface area contributed by atoms with Gasteiger partial charge in [-0.25, -0.2) is 0 Å². The summed E-state index contributed by atoms with van der Waals surface area (Å²) in [5.41, 5.74) is 0. The van der Waals surface area contributed by atoms with Gasteiger partial charge in [0.2, 0.25) is 0 Å². The Morgan fingerprint density at radius 2 is 2.00 bits per heavy atom. The van der Waals surface area contributed by atoms with Crippen LogP contribution in [0.3, 0.4) is 0 Å². The topological polar surface area (TPSA) is 88.4 Å². The van der Waals surface area contributed by atoms with Crippen molar-refractivity contribution in [3.8, 4) is 0 Å². The van der Waals surface area contributed by atoms with Crippen molar-refractivity contribution >= 4 is 0 Å². The highest BCUT2D eigenvalue weighted by Gasteiger charge is 2.46. The SMILES string of the molecule is CO[C@H]1[C@@H]([C@@H](CO)OC)OC(O)[C@H]1O. The Morgan fingerprint density at radius 1 is 1.36 bits per heavy atom. The summed E-state index contributed by atoms with van der Waals surface area (Å²) in [5, 5.41) is 27.6. The molecule has 1 heterocycles. The predicted molar refractivity (Wildman–Crippen MR) is 45.6 cm³/mol. The first-order chi connectivity index (χ1) is 6.65. The van der Waals surface area contributed by atoms with Crippen molar-refractivity contribution in [1.82, 2.24) is 0 Å². The zero-order valence-corrected chi connectivity index (χ0v) is 8.16. The highest BCUT2D eigenvalue weighted by atomic mass is 16.7. The standard InChI is InChI=1S/C8H16O6/c1-12-4(3-9)6-7(13-2)5(10)8(11)14-6/h4-11H,3H2,1-2H3/t4-,5+,6-,7-,8?/m1/s1. The van der Waals surface area contributed by atoms with Crippen LogP contribution in [0.4, 0.5) is 0 Å². The molecule has 0 saturated carbocycles. The summed E-state index contributed by atoms with van der Waals surface area (Å²) in [6.45, 7) is -0.263. The fourth-order valence-corrected chi connectivity index (χ4v) is 1.56. The van der Waals surface area contributed by atoms with Gasteiger partial charge >= 0.3 is 0 Å². The summed E-state index contributed by atoms with van der Waals surface area (Å²) in [6.07, 6.45) is -4.39. The number of ether oxygens (including phenoxy) is 3. The fraction of sp³-hybridized carbons (Fsp3) is 1.00. The van der Waals surface area contributed by atoms with Gasteiger partial charge in [-0.2, -0.15) is 0 Å². The second-order valence-corrected chi connectivity index (χ2v) is 3.14. The van der Waals surface area contributed by atoms with Crippen LogP contribution in [0.2, 0.25) is 0 Å². The van der Waals surface area contributed by atoms with E-state index in [2.05, 4.69) is 0 Å². The molecule has 14 heavy (non-hydrogen) atoms. The van der Waals surface area contributed by atoms with Gasteiger partial charge in [0.15, 0.2) is 6.29 Å². The van der Waals surface area contributed by atoms with Crippen molar-refractivity contribution in [2.45, 2.75) is 30.7 Å². The van der Waals surface area contributed by atoms with Gasteiger partial charge in [-0.05, 0) is 0 Å². The van der Waals surface area contributed by atoms with Gasteiger partial charge < -0.3 is 29.5 Å². The molecule has 6 heteroatoms. The van der Waals surface area contributed by atoms with Gasteiger partial charge in [-0.1, -0.05) is 0 Å². The van der Waals surface area contributed by atoms with Crippen LogP contribution in [0.5, 0.6) is 0 Å². The number of aliphatic hydroxyl groups excluding tert-OH is 3. The van der Waals surface area contributed by atoms with Gasteiger partial charge in [0, 0.05) is 14.2 Å². The van der Waals surface area contributed by atoms with Crippen molar-refractivity contribution in [3.63, 3.8) is 0 Å². The molecule has 1 aliphatic rings. The van der Waals surface area contributed by atoms with E-state index in [4.69, 9.17) is 19.3 Å². The minimum atomic E-state index is -1.30. The van der Waals surface area contributed by atoms with Gasteiger partial charge in [-0.15, -0.1) is 0 Å². The molecule has 1 fully saturated rings. The lowest BCUT2D eigenvalue weighted by Gasteiger charge is -2.24. The summed E-state index contributed by atoms with van der Waals surface area (Å²) in [6, 6.07) is 0. The van der Waals surface area contributed by atoms with E-state index in [1.165, 1.54) is 14.2 Å². The highest BCUT2D eigenvalue weighted by Crippen LogP contribution is 2.25. The lowest BCUT2D eigenvalue weighted by molar-refractivity contribution is -0.156. The van der Waals surface area contributed by atoms with Crippen LogP contribution in [-0.2, 0) is 14.2 Å². The molecule has 0 aromatic carbocycles. The molecule has 0 bridgehead atoms. The molecule has 1 unspecified atom stereocenters. The van der Waals surface area contributed by atoms with E-state index < -0.39 is 30.7 Å². The molecule has 0 aromatic heterocycles. The average Bonchev–Trinajstić information content (AvgIpc) is 2.45. The second kappa shape index (κ2) is 5.01. The van der Waals surface area contributed by atoms with Crippen molar-refractivity contribution < 1.29 is 29.5 Å². The molecule has 3 N–H and O–H groups in total. The van der Waals surface area contributed by atoms with Crippen LogP contribution in [0.25, 0.3) is 0 Å². The van der Waals surface area contributed by atoms with Crippen LogP contribution in [0, 0.1) is 0 Å². The van der Waals surface area contributed by atoms with E-state index in [0.717, 1.165) is 0 Å². The summed E-state index contributed by atoms with van der Waals surface area (Å²) in [5.74, 6) is 0. The third-order valence-corrected chi connectivity index (χ3v) is 2.37. The molecule has 1 aliphatic heterocycles. The Kier molecular flexibility index (Phi) is 4.24. The second-order valence-electron chi connectivity index (χ2n) is 3.14. The monoisotopic (exact) mass is 208 g/mol.